The van der Waals surface area contributed by atoms with Crippen LogP contribution in [0.3, 0.4) is 0 Å². The second-order valence-electron chi connectivity index (χ2n) is 6.56. The minimum absolute atomic E-state index is 0.164. The van der Waals surface area contributed by atoms with Gasteiger partial charge < -0.3 is 5.32 Å². The molecule has 2 aromatic carbocycles. The molecule has 2 heterocycles. The lowest BCUT2D eigenvalue weighted by Gasteiger charge is -2.14. The summed E-state index contributed by atoms with van der Waals surface area (Å²) in [6.45, 7) is 1.97. The zero-order valence-corrected chi connectivity index (χ0v) is 15.5. The first-order chi connectivity index (χ1) is 14.0. The van der Waals surface area contributed by atoms with E-state index in [2.05, 4.69) is 20.6 Å². The molecule has 2 N–H and O–H groups in total. The predicted octanol–water partition coefficient (Wildman–Crippen LogP) is 3.23. The summed E-state index contributed by atoms with van der Waals surface area (Å²) >= 11 is 0. The molecule has 3 aromatic rings. The van der Waals surface area contributed by atoms with Crippen LogP contribution in [-0.2, 0) is 6.54 Å². The van der Waals surface area contributed by atoms with Crippen LogP contribution in [0.2, 0.25) is 0 Å². The molecule has 0 atom stereocenters. The number of anilines is 2. The number of rotatable bonds is 4. The Morgan fingerprint density at radius 1 is 0.897 bits per heavy atom. The Kier molecular flexibility index (Phi) is 4.74. The van der Waals surface area contributed by atoms with Gasteiger partial charge in [0.15, 0.2) is 5.82 Å². The van der Waals surface area contributed by atoms with Crippen molar-refractivity contribution < 1.29 is 14.4 Å². The molecule has 0 saturated heterocycles. The van der Waals surface area contributed by atoms with Gasteiger partial charge in [0.05, 0.1) is 35.8 Å². The number of carbonyl (C=O) groups excluding carboxylic acids is 3. The summed E-state index contributed by atoms with van der Waals surface area (Å²) in [6, 6.07) is 13.2. The molecule has 1 aromatic heterocycles. The Bertz CT molecular complexity index is 1060. The maximum absolute atomic E-state index is 12.4. The van der Waals surface area contributed by atoms with Crippen LogP contribution in [-0.4, -0.2) is 32.7 Å². The van der Waals surface area contributed by atoms with Crippen LogP contribution in [0, 0.1) is 6.92 Å². The zero-order valence-electron chi connectivity index (χ0n) is 15.5. The molecule has 0 saturated carbocycles. The maximum atomic E-state index is 12.4. The largest absolute Gasteiger partial charge is 0.324 e. The maximum Gasteiger partial charge on any atom is 0.324 e. The van der Waals surface area contributed by atoms with Crippen molar-refractivity contribution in [2.75, 3.05) is 10.6 Å². The predicted molar refractivity (Wildman–Crippen MR) is 106 cm³/mol. The first-order valence-electron chi connectivity index (χ1n) is 8.92. The van der Waals surface area contributed by atoms with Crippen molar-refractivity contribution in [3.05, 3.63) is 83.3 Å². The van der Waals surface area contributed by atoms with Gasteiger partial charge >= 0.3 is 6.03 Å². The second-order valence-corrected chi connectivity index (χ2v) is 6.56. The molecular formula is C21H17N5O3. The Labute approximate surface area is 166 Å². The van der Waals surface area contributed by atoms with E-state index in [-0.39, 0.29) is 18.4 Å². The fourth-order valence-corrected chi connectivity index (χ4v) is 2.99. The molecule has 1 aliphatic rings. The van der Waals surface area contributed by atoms with Gasteiger partial charge in [-0.25, -0.2) is 9.78 Å². The fourth-order valence-electron chi connectivity index (χ4n) is 2.99. The summed E-state index contributed by atoms with van der Waals surface area (Å²) in [5.41, 5.74) is 2.94. The quantitative estimate of drug-likeness (QED) is 0.669. The second kappa shape index (κ2) is 7.51. The van der Waals surface area contributed by atoms with Crippen molar-refractivity contribution >= 4 is 29.4 Å². The molecule has 8 heteroatoms. The van der Waals surface area contributed by atoms with Gasteiger partial charge in [-0.15, -0.1) is 0 Å². The lowest BCUT2D eigenvalue weighted by Crippen LogP contribution is -2.29. The number of aryl methyl sites for hydroxylation is 1. The average Bonchev–Trinajstić information content (AvgIpc) is 2.96. The number of benzene rings is 2. The van der Waals surface area contributed by atoms with Gasteiger partial charge in [-0.2, -0.15) is 0 Å². The molecule has 0 bridgehead atoms. The normalized spacial score (nSPS) is 12.7. The van der Waals surface area contributed by atoms with E-state index in [1.807, 2.05) is 0 Å². The molecule has 0 spiro atoms. The van der Waals surface area contributed by atoms with Gasteiger partial charge in [0.25, 0.3) is 11.8 Å². The van der Waals surface area contributed by atoms with Crippen molar-refractivity contribution in [3.8, 4) is 0 Å². The molecule has 0 unspecified atom stereocenters. The highest BCUT2D eigenvalue weighted by Crippen LogP contribution is 2.24. The molecule has 0 radical (unpaired) electrons. The lowest BCUT2D eigenvalue weighted by atomic mass is 10.1. The third-order valence-electron chi connectivity index (χ3n) is 4.45. The van der Waals surface area contributed by atoms with E-state index < -0.39 is 6.03 Å². The zero-order chi connectivity index (χ0) is 20.4. The van der Waals surface area contributed by atoms with Crippen molar-refractivity contribution in [1.82, 2.24) is 14.9 Å². The van der Waals surface area contributed by atoms with Crippen LogP contribution in [0.4, 0.5) is 16.3 Å². The summed E-state index contributed by atoms with van der Waals surface area (Å²) < 4.78 is 0. The van der Waals surface area contributed by atoms with Crippen molar-refractivity contribution in [3.63, 3.8) is 0 Å². The van der Waals surface area contributed by atoms with Crippen molar-refractivity contribution in [1.29, 1.82) is 0 Å². The number of urea groups is 1. The van der Waals surface area contributed by atoms with Crippen molar-refractivity contribution in [2.45, 2.75) is 13.5 Å². The standard InChI is InChI=1S/C21H17N5O3/c1-13-10-23-18(11-22-13)25-21(29)24-15-8-6-14(7-9-15)12-26-19(27)16-4-2-3-5-17(16)20(26)28/h2-11H,12H2,1H3,(H2,23,24,25,29). The molecule has 8 nitrogen and oxygen atoms in total. The van der Waals surface area contributed by atoms with Crippen LogP contribution in [0.5, 0.6) is 0 Å². The van der Waals surface area contributed by atoms with E-state index >= 15 is 0 Å². The number of amides is 4. The smallest absolute Gasteiger partial charge is 0.308 e. The fraction of sp³-hybridized carbons (Fsp3) is 0.0952. The first-order valence-corrected chi connectivity index (χ1v) is 8.92. The van der Waals surface area contributed by atoms with E-state index in [1.54, 1.807) is 61.7 Å². The summed E-state index contributed by atoms with van der Waals surface area (Å²) in [7, 11) is 0. The van der Waals surface area contributed by atoms with Crippen LogP contribution < -0.4 is 10.6 Å². The van der Waals surface area contributed by atoms with Gasteiger partial charge in [-0.05, 0) is 36.8 Å². The van der Waals surface area contributed by atoms with Crippen LogP contribution in [0.25, 0.3) is 0 Å². The number of nitrogens with zero attached hydrogens (tertiary/aromatic N) is 3. The topological polar surface area (TPSA) is 104 Å². The molecule has 1 aliphatic heterocycles. The highest BCUT2D eigenvalue weighted by atomic mass is 16.2. The Morgan fingerprint density at radius 3 is 2.14 bits per heavy atom. The third kappa shape index (κ3) is 3.81. The number of hydrogen-bond acceptors (Lipinski definition) is 5. The van der Waals surface area contributed by atoms with Crippen molar-refractivity contribution in [2.24, 2.45) is 0 Å². The Morgan fingerprint density at radius 2 is 1.55 bits per heavy atom. The van der Waals surface area contributed by atoms with E-state index in [1.165, 1.54) is 11.1 Å². The van der Waals surface area contributed by atoms with Gasteiger partial charge in [0, 0.05) is 5.69 Å². The Balaban J connectivity index is 1.38. The van der Waals surface area contributed by atoms with E-state index in [0.29, 0.717) is 22.6 Å². The van der Waals surface area contributed by atoms with E-state index in [0.717, 1.165) is 11.3 Å². The number of imide groups is 1. The summed E-state index contributed by atoms with van der Waals surface area (Å²) in [6.07, 6.45) is 3.03. The lowest BCUT2D eigenvalue weighted by molar-refractivity contribution is 0.0642. The highest BCUT2D eigenvalue weighted by Gasteiger charge is 2.34. The van der Waals surface area contributed by atoms with Crippen LogP contribution in [0.15, 0.2) is 60.9 Å². The number of carbonyl (C=O) groups is 3. The first kappa shape index (κ1) is 18.3. The summed E-state index contributed by atoms with van der Waals surface area (Å²) in [5, 5.41) is 5.28. The van der Waals surface area contributed by atoms with Crippen LogP contribution in [0.1, 0.15) is 32.0 Å². The molecule has 144 valence electrons. The van der Waals surface area contributed by atoms with Gasteiger partial charge in [0.1, 0.15) is 0 Å². The third-order valence-corrected chi connectivity index (χ3v) is 4.45. The molecule has 0 aliphatic carbocycles. The number of aromatic nitrogens is 2. The van der Waals surface area contributed by atoms with Gasteiger partial charge in [0.2, 0.25) is 0 Å². The molecule has 4 amide bonds. The average molecular weight is 387 g/mol. The van der Waals surface area contributed by atoms with Crippen LogP contribution >= 0.6 is 0 Å². The van der Waals surface area contributed by atoms with Gasteiger partial charge in [-0.1, -0.05) is 24.3 Å². The van der Waals surface area contributed by atoms with E-state index in [9.17, 15) is 14.4 Å². The number of nitrogens with one attached hydrogen (secondary N) is 2. The summed E-state index contributed by atoms with van der Waals surface area (Å²) in [4.78, 5) is 46.3. The van der Waals surface area contributed by atoms with E-state index in [4.69, 9.17) is 0 Å². The SMILES string of the molecule is Cc1cnc(NC(=O)Nc2ccc(CN3C(=O)c4ccccc4C3=O)cc2)cn1. The molecule has 4 rings (SSSR count). The minimum atomic E-state index is -0.448. The summed E-state index contributed by atoms with van der Waals surface area (Å²) in [5.74, 6) is -0.256. The number of fused-ring (bicyclic) bond motifs is 1. The molecule has 0 fully saturated rings. The number of hydrogen-bond donors (Lipinski definition) is 2. The monoisotopic (exact) mass is 387 g/mol. The molecule has 29 heavy (non-hydrogen) atoms. The molecular weight excluding hydrogens is 370 g/mol. The minimum Gasteiger partial charge on any atom is -0.308 e. The van der Waals surface area contributed by atoms with Gasteiger partial charge in [-0.3, -0.25) is 24.8 Å². The highest BCUT2D eigenvalue weighted by molar-refractivity contribution is 6.21. The Hall–Kier alpha value is -4.07.